The predicted octanol–water partition coefficient (Wildman–Crippen LogP) is 3.05. The predicted molar refractivity (Wildman–Crippen MR) is 93.9 cm³/mol. The molecule has 0 aliphatic carbocycles. The van der Waals surface area contributed by atoms with Crippen LogP contribution in [0.2, 0.25) is 0 Å². The fraction of sp³-hybridized carbons (Fsp3) is 0.278. The van der Waals surface area contributed by atoms with Gasteiger partial charge in [0.15, 0.2) is 0 Å². The fourth-order valence-electron chi connectivity index (χ4n) is 2.45. The molecule has 6 heteroatoms. The van der Waals surface area contributed by atoms with E-state index in [1.165, 1.54) is 11.6 Å². The molecule has 2 rings (SSSR count). The number of rotatable bonds is 7. The summed E-state index contributed by atoms with van der Waals surface area (Å²) >= 11 is 0. The first-order chi connectivity index (χ1) is 11.5. The maximum atomic E-state index is 11.2. The Balaban J connectivity index is 2.12. The van der Waals surface area contributed by atoms with Crippen molar-refractivity contribution >= 4 is 11.4 Å². The zero-order valence-electron chi connectivity index (χ0n) is 13.8. The number of nitriles is 1. The molecule has 1 N–H and O–H groups in total. The SMILES string of the molecule is CN(C)C(CNc1ccc(C#N)cc1[N+](=O)[O-])Cc1ccccc1. The van der Waals surface area contributed by atoms with Crippen LogP contribution in [0.4, 0.5) is 11.4 Å². The van der Waals surface area contributed by atoms with Crippen molar-refractivity contribution in [1.82, 2.24) is 4.90 Å². The first-order valence-corrected chi connectivity index (χ1v) is 7.64. The Morgan fingerprint density at radius 2 is 1.96 bits per heavy atom. The zero-order chi connectivity index (χ0) is 17.5. The summed E-state index contributed by atoms with van der Waals surface area (Å²) in [7, 11) is 3.98. The third-order valence-corrected chi connectivity index (χ3v) is 3.90. The lowest BCUT2D eigenvalue weighted by atomic mass is 10.0. The molecule has 0 saturated heterocycles. The molecule has 0 aromatic heterocycles. The van der Waals surface area contributed by atoms with E-state index in [4.69, 9.17) is 5.26 Å². The minimum atomic E-state index is -0.467. The van der Waals surface area contributed by atoms with Gasteiger partial charge in [0.05, 0.1) is 16.6 Å². The zero-order valence-corrected chi connectivity index (χ0v) is 13.8. The normalized spacial score (nSPS) is 11.8. The lowest BCUT2D eigenvalue weighted by Gasteiger charge is -2.25. The number of nitrogens with one attached hydrogen (secondary N) is 1. The van der Waals surface area contributed by atoms with Gasteiger partial charge >= 0.3 is 0 Å². The summed E-state index contributed by atoms with van der Waals surface area (Å²) in [5.74, 6) is 0. The molecule has 0 saturated carbocycles. The Bertz CT molecular complexity index is 738. The van der Waals surface area contributed by atoms with Crippen LogP contribution in [0.25, 0.3) is 0 Å². The maximum Gasteiger partial charge on any atom is 0.293 e. The average Bonchev–Trinajstić information content (AvgIpc) is 2.59. The molecule has 0 bridgehead atoms. The van der Waals surface area contributed by atoms with Gasteiger partial charge in [-0.25, -0.2) is 0 Å². The molecule has 0 aliphatic heterocycles. The van der Waals surface area contributed by atoms with Crippen molar-refractivity contribution in [2.75, 3.05) is 26.0 Å². The Hall–Kier alpha value is -2.91. The van der Waals surface area contributed by atoms with Crippen LogP contribution in [-0.4, -0.2) is 36.5 Å². The number of likely N-dealkylation sites (N-methyl/N-ethyl adjacent to an activating group) is 1. The minimum absolute atomic E-state index is 0.0775. The van der Waals surface area contributed by atoms with Crippen LogP contribution in [0.3, 0.4) is 0 Å². The van der Waals surface area contributed by atoms with Crippen molar-refractivity contribution in [3.8, 4) is 6.07 Å². The molecular weight excluding hydrogens is 304 g/mol. The number of nitrogens with zero attached hydrogens (tertiary/aromatic N) is 3. The first kappa shape index (κ1) is 17.4. The second-order valence-electron chi connectivity index (χ2n) is 5.79. The van der Waals surface area contributed by atoms with E-state index in [9.17, 15) is 10.1 Å². The summed E-state index contributed by atoms with van der Waals surface area (Å²) in [5.41, 5.74) is 1.85. The van der Waals surface area contributed by atoms with Crippen molar-refractivity contribution in [2.45, 2.75) is 12.5 Å². The fourth-order valence-corrected chi connectivity index (χ4v) is 2.45. The van der Waals surface area contributed by atoms with E-state index >= 15 is 0 Å². The second-order valence-corrected chi connectivity index (χ2v) is 5.79. The molecule has 0 amide bonds. The largest absolute Gasteiger partial charge is 0.378 e. The van der Waals surface area contributed by atoms with E-state index in [1.54, 1.807) is 12.1 Å². The van der Waals surface area contributed by atoms with E-state index in [-0.39, 0.29) is 17.3 Å². The number of benzene rings is 2. The number of nitro benzene ring substituents is 1. The van der Waals surface area contributed by atoms with Gasteiger partial charge in [-0.2, -0.15) is 5.26 Å². The lowest BCUT2D eigenvalue weighted by Crippen LogP contribution is -2.36. The van der Waals surface area contributed by atoms with Gasteiger partial charge in [0.2, 0.25) is 0 Å². The Labute approximate surface area is 141 Å². The van der Waals surface area contributed by atoms with Crippen molar-refractivity contribution in [1.29, 1.82) is 5.26 Å². The van der Waals surface area contributed by atoms with Gasteiger partial charge < -0.3 is 10.2 Å². The van der Waals surface area contributed by atoms with E-state index in [0.717, 1.165) is 6.42 Å². The topological polar surface area (TPSA) is 82.2 Å². The Morgan fingerprint density at radius 3 is 2.54 bits per heavy atom. The lowest BCUT2D eigenvalue weighted by molar-refractivity contribution is -0.384. The maximum absolute atomic E-state index is 11.2. The Kier molecular flexibility index (Phi) is 5.88. The third-order valence-electron chi connectivity index (χ3n) is 3.90. The van der Waals surface area contributed by atoms with Crippen molar-refractivity contribution in [3.05, 3.63) is 69.8 Å². The number of anilines is 1. The Morgan fingerprint density at radius 1 is 1.25 bits per heavy atom. The molecule has 1 atom stereocenters. The quantitative estimate of drug-likeness (QED) is 0.625. The van der Waals surface area contributed by atoms with Gasteiger partial charge in [-0.05, 0) is 38.2 Å². The summed E-state index contributed by atoms with van der Waals surface area (Å²) in [5, 5.41) is 23.3. The summed E-state index contributed by atoms with van der Waals surface area (Å²) in [4.78, 5) is 12.8. The molecule has 0 fully saturated rings. The number of nitro groups is 1. The molecule has 2 aromatic carbocycles. The van der Waals surface area contributed by atoms with Crippen LogP contribution in [-0.2, 0) is 6.42 Å². The molecule has 6 nitrogen and oxygen atoms in total. The van der Waals surface area contributed by atoms with Gasteiger partial charge in [-0.15, -0.1) is 0 Å². The number of hydrogen-bond donors (Lipinski definition) is 1. The molecule has 0 aliphatic rings. The van der Waals surface area contributed by atoms with Gasteiger partial charge in [0.1, 0.15) is 5.69 Å². The second kappa shape index (κ2) is 8.09. The highest BCUT2D eigenvalue weighted by Gasteiger charge is 2.17. The van der Waals surface area contributed by atoms with E-state index < -0.39 is 4.92 Å². The molecule has 124 valence electrons. The first-order valence-electron chi connectivity index (χ1n) is 7.64. The van der Waals surface area contributed by atoms with Crippen LogP contribution < -0.4 is 5.32 Å². The third kappa shape index (κ3) is 4.54. The average molecular weight is 324 g/mol. The van der Waals surface area contributed by atoms with Crippen molar-refractivity contribution in [2.24, 2.45) is 0 Å². The molecule has 0 radical (unpaired) electrons. The monoisotopic (exact) mass is 324 g/mol. The summed E-state index contributed by atoms with van der Waals surface area (Å²) in [6.45, 7) is 0.564. The summed E-state index contributed by atoms with van der Waals surface area (Å²) < 4.78 is 0. The molecule has 0 spiro atoms. The van der Waals surface area contributed by atoms with Gasteiger partial charge in [-0.1, -0.05) is 30.3 Å². The van der Waals surface area contributed by atoms with Gasteiger partial charge in [0, 0.05) is 18.7 Å². The molecule has 24 heavy (non-hydrogen) atoms. The van der Waals surface area contributed by atoms with Crippen molar-refractivity contribution in [3.63, 3.8) is 0 Å². The van der Waals surface area contributed by atoms with Gasteiger partial charge in [-0.3, -0.25) is 10.1 Å². The smallest absolute Gasteiger partial charge is 0.293 e. The van der Waals surface area contributed by atoms with Crippen LogP contribution in [0.5, 0.6) is 0 Å². The van der Waals surface area contributed by atoms with Crippen LogP contribution >= 0.6 is 0 Å². The van der Waals surface area contributed by atoms with Crippen LogP contribution in [0.15, 0.2) is 48.5 Å². The van der Waals surface area contributed by atoms with Crippen LogP contribution in [0, 0.1) is 21.4 Å². The van der Waals surface area contributed by atoms with E-state index in [1.807, 2.05) is 38.4 Å². The highest BCUT2D eigenvalue weighted by atomic mass is 16.6. The molecule has 0 heterocycles. The van der Waals surface area contributed by atoms with E-state index in [2.05, 4.69) is 22.3 Å². The molecule has 2 aromatic rings. The molecule has 1 unspecified atom stereocenters. The minimum Gasteiger partial charge on any atom is -0.378 e. The summed E-state index contributed by atoms with van der Waals surface area (Å²) in [6, 6.07) is 16.7. The highest BCUT2D eigenvalue weighted by Crippen LogP contribution is 2.25. The molecular formula is C18H20N4O2. The van der Waals surface area contributed by atoms with E-state index in [0.29, 0.717) is 12.2 Å². The summed E-state index contributed by atoms with van der Waals surface area (Å²) in [6.07, 6.45) is 0.838. The number of hydrogen-bond acceptors (Lipinski definition) is 5. The van der Waals surface area contributed by atoms with Gasteiger partial charge in [0.25, 0.3) is 5.69 Å². The van der Waals surface area contributed by atoms with Crippen LogP contribution in [0.1, 0.15) is 11.1 Å². The standard InChI is InChI=1S/C18H20N4O2/c1-21(2)16(10-14-6-4-3-5-7-14)13-20-17-9-8-15(12-19)11-18(17)22(23)24/h3-9,11,16,20H,10,13H2,1-2H3. The van der Waals surface area contributed by atoms with Crippen molar-refractivity contribution < 1.29 is 4.92 Å². The highest BCUT2D eigenvalue weighted by molar-refractivity contribution is 5.64.